The standard InChI is InChI=1S/C15H15BrFN3O/c1-20(2)15(21)14-8-12(5-6-18-14)19-9-10-7-11(16)3-4-13(10)17/h3-8H,9H2,1-2H3,(H,18,19). The highest BCUT2D eigenvalue weighted by Crippen LogP contribution is 2.17. The smallest absolute Gasteiger partial charge is 0.272 e. The van der Waals surface area contributed by atoms with Crippen LogP contribution in [-0.2, 0) is 6.54 Å². The molecule has 0 saturated heterocycles. The molecular formula is C15H15BrFN3O. The van der Waals surface area contributed by atoms with Crippen LogP contribution in [0, 0.1) is 5.82 Å². The first kappa shape index (κ1) is 15.4. The molecular weight excluding hydrogens is 337 g/mol. The third-order valence-corrected chi connectivity index (χ3v) is 3.37. The van der Waals surface area contributed by atoms with Crippen LogP contribution in [0.15, 0.2) is 41.0 Å². The summed E-state index contributed by atoms with van der Waals surface area (Å²) in [4.78, 5) is 17.3. The van der Waals surface area contributed by atoms with E-state index >= 15 is 0 Å². The molecule has 1 N–H and O–H groups in total. The van der Waals surface area contributed by atoms with E-state index in [1.165, 1.54) is 11.0 Å². The Morgan fingerprint density at radius 3 is 2.81 bits per heavy atom. The maximum Gasteiger partial charge on any atom is 0.272 e. The van der Waals surface area contributed by atoms with Crippen molar-refractivity contribution in [3.05, 3.63) is 58.1 Å². The molecule has 0 aliphatic carbocycles. The fraction of sp³-hybridized carbons (Fsp3) is 0.200. The van der Waals surface area contributed by atoms with Gasteiger partial charge in [-0.1, -0.05) is 15.9 Å². The summed E-state index contributed by atoms with van der Waals surface area (Å²) >= 11 is 3.31. The van der Waals surface area contributed by atoms with Crippen molar-refractivity contribution in [2.75, 3.05) is 19.4 Å². The molecule has 110 valence electrons. The molecule has 0 aliphatic rings. The van der Waals surface area contributed by atoms with E-state index in [1.807, 2.05) is 0 Å². The maximum absolute atomic E-state index is 13.7. The number of hydrogen-bond donors (Lipinski definition) is 1. The molecule has 1 aromatic heterocycles. The van der Waals surface area contributed by atoms with Crippen LogP contribution >= 0.6 is 15.9 Å². The first-order chi connectivity index (χ1) is 9.97. The summed E-state index contributed by atoms with van der Waals surface area (Å²) in [7, 11) is 3.34. The zero-order chi connectivity index (χ0) is 15.4. The average Bonchev–Trinajstić information content (AvgIpc) is 2.47. The average molecular weight is 352 g/mol. The molecule has 0 aliphatic heterocycles. The largest absolute Gasteiger partial charge is 0.381 e. The Balaban J connectivity index is 2.12. The van der Waals surface area contributed by atoms with E-state index in [9.17, 15) is 9.18 Å². The molecule has 0 atom stereocenters. The van der Waals surface area contributed by atoms with Gasteiger partial charge >= 0.3 is 0 Å². The Labute approximate surface area is 131 Å². The maximum atomic E-state index is 13.7. The second kappa shape index (κ2) is 6.67. The van der Waals surface area contributed by atoms with Crippen molar-refractivity contribution in [3.63, 3.8) is 0 Å². The van der Waals surface area contributed by atoms with Crippen molar-refractivity contribution < 1.29 is 9.18 Å². The van der Waals surface area contributed by atoms with Crippen molar-refractivity contribution >= 4 is 27.5 Å². The van der Waals surface area contributed by atoms with Gasteiger partial charge in [-0.3, -0.25) is 9.78 Å². The van der Waals surface area contributed by atoms with Crippen LogP contribution < -0.4 is 5.32 Å². The summed E-state index contributed by atoms with van der Waals surface area (Å²) in [6.45, 7) is 0.324. The molecule has 0 radical (unpaired) electrons. The zero-order valence-corrected chi connectivity index (χ0v) is 13.3. The number of pyridine rings is 1. The van der Waals surface area contributed by atoms with Gasteiger partial charge < -0.3 is 10.2 Å². The normalized spacial score (nSPS) is 10.3. The van der Waals surface area contributed by atoms with Crippen molar-refractivity contribution in [1.82, 2.24) is 9.88 Å². The number of aromatic nitrogens is 1. The minimum Gasteiger partial charge on any atom is -0.381 e. The van der Waals surface area contributed by atoms with Crippen LogP contribution in [0.3, 0.4) is 0 Å². The van der Waals surface area contributed by atoms with Crippen molar-refractivity contribution in [3.8, 4) is 0 Å². The zero-order valence-electron chi connectivity index (χ0n) is 11.7. The SMILES string of the molecule is CN(C)C(=O)c1cc(NCc2cc(Br)ccc2F)ccn1. The first-order valence-electron chi connectivity index (χ1n) is 6.33. The number of anilines is 1. The van der Waals surface area contributed by atoms with Gasteiger partial charge in [0.2, 0.25) is 0 Å². The number of carbonyl (C=O) groups excluding carboxylic acids is 1. The molecule has 2 rings (SSSR count). The molecule has 4 nitrogen and oxygen atoms in total. The van der Waals surface area contributed by atoms with Gasteiger partial charge in [0.15, 0.2) is 0 Å². The number of hydrogen-bond acceptors (Lipinski definition) is 3. The van der Waals surface area contributed by atoms with Gasteiger partial charge in [-0.15, -0.1) is 0 Å². The molecule has 0 unspecified atom stereocenters. The Morgan fingerprint density at radius 1 is 1.33 bits per heavy atom. The van der Waals surface area contributed by atoms with Gasteiger partial charge in [-0.2, -0.15) is 0 Å². The van der Waals surface area contributed by atoms with E-state index in [2.05, 4.69) is 26.2 Å². The molecule has 0 saturated carbocycles. The second-order valence-electron chi connectivity index (χ2n) is 4.72. The summed E-state index contributed by atoms with van der Waals surface area (Å²) in [5.74, 6) is -0.448. The van der Waals surface area contributed by atoms with E-state index in [1.54, 1.807) is 44.6 Å². The second-order valence-corrected chi connectivity index (χ2v) is 5.63. The number of amides is 1. The lowest BCUT2D eigenvalue weighted by atomic mass is 10.2. The van der Waals surface area contributed by atoms with Crippen molar-refractivity contribution in [1.29, 1.82) is 0 Å². The van der Waals surface area contributed by atoms with E-state index in [-0.39, 0.29) is 11.7 Å². The lowest BCUT2D eigenvalue weighted by molar-refractivity contribution is 0.0822. The third kappa shape index (κ3) is 4.01. The Kier molecular flexibility index (Phi) is 4.90. The van der Waals surface area contributed by atoms with Crippen LogP contribution in [0.2, 0.25) is 0 Å². The molecule has 2 aromatic rings. The van der Waals surface area contributed by atoms with Crippen molar-refractivity contribution in [2.45, 2.75) is 6.54 Å². The summed E-state index contributed by atoms with van der Waals surface area (Å²) < 4.78 is 14.5. The van der Waals surface area contributed by atoms with E-state index in [4.69, 9.17) is 0 Å². The van der Waals surface area contributed by atoms with Gasteiger partial charge in [0.1, 0.15) is 11.5 Å². The fourth-order valence-corrected chi connectivity index (χ4v) is 2.17. The van der Waals surface area contributed by atoms with Gasteiger partial charge in [0.25, 0.3) is 5.91 Å². The topological polar surface area (TPSA) is 45.2 Å². The number of carbonyl (C=O) groups is 1. The Bertz CT molecular complexity index is 661. The van der Waals surface area contributed by atoms with E-state index in [0.717, 1.165) is 10.2 Å². The minimum atomic E-state index is -0.274. The lowest BCUT2D eigenvalue weighted by Gasteiger charge is -2.11. The van der Waals surface area contributed by atoms with Crippen LogP contribution in [0.25, 0.3) is 0 Å². The number of rotatable bonds is 4. The number of halogens is 2. The monoisotopic (exact) mass is 351 g/mol. The number of nitrogens with one attached hydrogen (secondary N) is 1. The Hall–Kier alpha value is -1.95. The van der Waals surface area contributed by atoms with Crippen LogP contribution in [0.5, 0.6) is 0 Å². The molecule has 0 bridgehead atoms. The lowest BCUT2D eigenvalue weighted by Crippen LogP contribution is -2.22. The highest BCUT2D eigenvalue weighted by atomic mass is 79.9. The molecule has 1 aromatic carbocycles. The summed E-state index contributed by atoms with van der Waals surface area (Å²) in [5, 5.41) is 3.09. The highest BCUT2D eigenvalue weighted by molar-refractivity contribution is 9.10. The van der Waals surface area contributed by atoms with Crippen LogP contribution in [-0.4, -0.2) is 29.9 Å². The van der Waals surface area contributed by atoms with Gasteiger partial charge in [-0.25, -0.2) is 4.39 Å². The summed E-state index contributed by atoms with van der Waals surface area (Å²) in [6, 6.07) is 8.17. The van der Waals surface area contributed by atoms with Gasteiger partial charge in [0.05, 0.1) is 0 Å². The summed E-state index contributed by atoms with van der Waals surface area (Å²) in [6.07, 6.45) is 1.55. The molecule has 21 heavy (non-hydrogen) atoms. The molecule has 1 heterocycles. The first-order valence-corrected chi connectivity index (χ1v) is 7.12. The minimum absolute atomic E-state index is 0.174. The fourth-order valence-electron chi connectivity index (χ4n) is 1.76. The molecule has 0 fully saturated rings. The Morgan fingerprint density at radius 2 is 2.10 bits per heavy atom. The molecule has 0 spiro atoms. The predicted molar refractivity (Wildman–Crippen MR) is 83.7 cm³/mol. The third-order valence-electron chi connectivity index (χ3n) is 2.88. The van der Waals surface area contributed by atoms with Gasteiger partial charge in [0, 0.05) is 42.6 Å². The van der Waals surface area contributed by atoms with Gasteiger partial charge in [-0.05, 0) is 30.3 Å². The van der Waals surface area contributed by atoms with E-state index in [0.29, 0.717) is 17.8 Å². The highest BCUT2D eigenvalue weighted by Gasteiger charge is 2.10. The van der Waals surface area contributed by atoms with Crippen LogP contribution in [0.1, 0.15) is 16.1 Å². The predicted octanol–water partition coefficient (Wildman–Crippen LogP) is 3.30. The molecule has 6 heteroatoms. The number of nitrogens with zero attached hydrogens (tertiary/aromatic N) is 2. The molecule has 1 amide bonds. The van der Waals surface area contributed by atoms with Crippen molar-refractivity contribution in [2.24, 2.45) is 0 Å². The van der Waals surface area contributed by atoms with E-state index < -0.39 is 0 Å². The summed E-state index contributed by atoms with van der Waals surface area (Å²) in [5.41, 5.74) is 1.61. The number of benzene rings is 1. The quantitative estimate of drug-likeness (QED) is 0.919. The van der Waals surface area contributed by atoms with Crippen LogP contribution in [0.4, 0.5) is 10.1 Å².